The number of thiazole rings is 1. The molecule has 0 atom stereocenters. The van der Waals surface area contributed by atoms with Crippen LogP contribution in [0.3, 0.4) is 0 Å². The molecule has 1 aromatic heterocycles. The molecule has 2 rings (SSSR count). The minimum absolute atomic E-state index is 0.309. The van der Waals surface area contributed by atoms with Gasteiger partial charge in [0.2, 0.25) is 0 Å². The second kappa shape index (κ2) is 3.75. The summed E-state index contributed by atoms with van der Waals surface area (Å²) in [4.78, 5) is 4.11. The molecule has 0 radical (unpaired) electrons. The number of halogens is 1. The Morgan fingerprint density at radius 1 is 1.43 bits per heavy atom. The second-order valence-electron chi connectivity index (χ2n) is 2.81. The zero-order chi connectivity index (χ0) is 9.97. The summed E-state index contributed by atoms with van der Waals surface area (Å²) in [5, 5.41) is 2.42. The van der Waals surface area contributed by atoms with Crippen LogP contribution < -0.4 is 4.74 Å². The molecule has 0 saturated carbocycles. The van der Waals surface area contributed by atoms with Crippen molar-refractivity contribution in [2.45, 2.75) is 6.92 Å². The maximum absolute atomic E-state index is 12.8. The zero-order valence-corrected chi connectivity index (χ0v) is 8.34. The van der Waals surface area contributed by atoms with Crippen LogP contribution in [0.1, 0.15) is 5.69 Å². The van der Waals surface area contributed by atoms with Crippen molar-refractivity contribution in [3.63, 3.8) is 0 Å². The van der Waals surface area contributed by atoms with Crippen LogP contribution in [0.4, 0.5) is 4.39 Å². The van der Waals surface area contributed by atoms with Gasteiger partial charge in [-0.25, -0.2) is 9.37 Å². The SMILES string of the molecule is Cc1csc(Oc2cccc(F)c2)n1. The highest BCUT2D eigenvalue weighted by Gasteiger charge is 2.01. The maximum Gasteiger partial charge on any atom is 0.278 e. The summed E-state index contributed by atoms with van der Waals surface area (Å²) in [5.74, 6) is 0.162. The van der Waals surface area contributed by atoms with Crippen LogP contribution in [-0.2, 0) is 0 Å². The predicted molar refractivity (Wildman–Crippen MR) is 53.3 cm³/mol. The van der Waals surface area contributed by atoms with E-state index in [9.17, 15) is 4.39 Å². The van der Waals surface area contributed by atoms with E-state index in [1.807, 2.05) is 12.3 Å². The van der Waals surface area contributed by atoms with Gasteiger partial charge in [-0.1, -0.05) is 17.4 Å². The number of benzene rings is 1. The number of nitrogens with zero attached hydrogens (tertiary/aromatic N) is 1. The van der Waals surface area contributed by atoms with Crippen molar-refractivity contribution < 1.29 is 9.13 Å². The highest BCUT2D eigenvalue weighted by atomic mass is 32.1. The molecule has 0 aliphatic heterocycles. The summed E-state index contributed by atoms with van der Waals surface area (Å²) < 4.78 is 18.1. The van der Waals surface area contributed by atoms with Crippen molar-refractivity contribution >= 4 is 11.3 Å². The molecule has 0 unspecified atom stereocenters. The van der Waals surface area contributed by atoms with Crippen molar-refractivity contribution in [2.24, 2.45) is 0 Å². The Bertz CT molecular complexity index is 441. The average Bonchev–Trinajstić information content (AvgIpc) is 2.51. The molecule has 1 heterocycles. The predicted octanol–water partition coefficient (Wildman–Crippen LogP) is 3.38. The second-order valence-corrected chi connectivity index (χ2v) is 3.63. The van der Waals surface area contributed by atoms with Crippen molar-refractivity contribution in [3.8, 4) is 10.9 Å². The Labute approximate surface area is 85.0 Å². The first-order chi connectivity index (χ1) is 6.74. The lowest BCUT2D eigenvalue weighted by Gasteiger charge is -2.00. The highest BCUT2D eigenvalue weighted by molar-refractivity contribution is 7.11. The first-order valence-electron chi connectivity index (χ1n) is 4.09. The minimum Gasteiger partial charge on any atom is -0.431 e. The number of hydrogen-bond donors (Lipinski definition) is 0. The summed E-state index contributed by atoms with van der Waals surface area (Å²) in [7, 11) is 0. The largest absolute Gasteiger partial charge is 0.431 e. The molecule has 0 spiro atoms. The normalized spacial score (nSPS) is 10.1. The summed E-state index contributed by atoms with van der Waals surface area (Å²) in [6, 6.07) is 6.00. The quantitative estimate of drug-likeness (QED) is 0.756. The molecule has 14 heavy (non-hydrogen) atoms. The van der Waals surface area contributed by atoms with Crippen molar-refractivity contribution in [1.82, 2.24) is 4.98 Å². The molecular weight excluding hydrogens is 201 g/mol. The molecule has 2 nitrogen and oxygen atoms in total. The Kier molecular flexibility index (Phi) is 2.45. The fraction of sp³-hybridized carbons (Fsp3) is 0.100. The molecule has 1 aromatic carbocycles. The third-order valence-electron chi connectivity index (χ3n) is 1.60. The van der Waals surface area contributed by atoms with Gasteiger partial charge in [0, 0.05) is 11.4 Å². The van der Waals surface area contributed by atoms with Crippen LogP contribution in [0.15, 0.2) is 29.6 Å². The molecule has 0 aliphatic carbocycles. The molecule has 72 valence electrons. The molecule has 0 aliphatic rings. The van der Waals surface area contributed by atoms with E-state index >= 15 is 0 Å². The fourth-order valence-electron chi connectivity index (χ4n) is 1.01. The molecule has 0 N–H and O–H groups in total. The summed E-state index contributed by atoms with van der Waals surface area (Å²) in [6.45, 7) is 1.88. The van der Waals surface area contributed by atoms with Crippen LogP contribution >= 0.6 is 11.3 Å². The van der Waals surface area contributed by atoms with Gasteiger partial charge >= 0.3 is 0 Å². The number of hydrogen-bond acceptors (Lipinski definition) is 3. The molecule has 0 fully saturated rings. The lowest BCUT2D eigenvalue weighted by molar-refractivity contribution is 0.472. The van der Waals surface area contributed by atoms with Crippen LogP contribution in [0.25, 0.3) is 0 Å². The zero-order valence-electron chi connectivity index (χ0n) is 7.53. The molecule has 0 bridgehead atoms. The van der Waals surface area contributed by atoms with E-state index in [-0.39, 0.29) is 5.82 Å². The lowest BCUT2D eigenvalue weighted by atomic mass is 10.3. The third kappa shape index (κ3) is 2.09. The topological polar surface area (TPSA) is 22.1 Å². The van der Waals surface area contributed by atoms with E-state index in [0.29, 0.717) is 10.9 Å². The van der Waals surface area contributed by atoms with E-state index in [2.05, 4.69) is 4.98 Å². The monoisotopic (exact) mass is 209 g/mol. The molecule has 0 saturated heterocycles. The van der Waals surface area contributed by atoms with Crippen LogP contribution in [-0.4, -0.2) is 4.98 Å². The Hall–Kier alpha value is -1.42. The Balaban J connectivity index is 2.18. The molecule has 0 amide bonds. The van der Waals surface area contributed by atoms with E-state index in [4.69, 9.17) is 4.74 Å². The smallest absolute Gasteiger partial charge is 0.278 e. The highest BCUT2D eigenvalue weighted by Crippen LogP contribution is 2.24. The van der Waals surface area contributed by atoms with Gasteiger partial charge in [-0.3, -0.25) is 0 Å². The van der Waals surface area contributed by atoms with Gasteiger partial charge in [-0.05, 0) is 19.1 Å². The summed E-state index contributed by atoms with van der Waals surface area (Å²) in [6.07, 6.45) is 0. The van der Waals surface area contributed by atoms with Gasteiger partial charge in [0.25, 0.3) is 5.19 Å². The minimum atomic E-state index is -0.309. The molecule has 2 aromatic rings. The van der Waals surface area contributed by atoms with Gasteiger partial charge < -0.3 is 4.74 Å². The maximum atomic E-state index is 12.8. The van der Waals surface area contributed by atoms with E-state index in [1.54, 1.807) is 12.1 Å². The van der Waals surface area contributed by atoms with Gasteiger partial charge in [-0.15, -0.1) is 0 Å². The van der Waals surface area contributed by atoms with Crippen molar-refractivity contribution in [3.05, 3.63) is 41.2 Å². The van der Waals surface area contributed by atoms with E-state index < -0.39 is 0 Å². The molecule has 4 heteroatoms. The van der Waals surface area contributed by atoms with Gasteiger partial charge in [0.1, 0.15) is 11.6 Å². The Morgan fingerprint density at radius 2 is 2.29 bits per heavy atom. The fourth-order valence-corrected chi connectivity index (χ4v) is 1.68. The molecular formula is C10H8FNOS. The van der Waals surface area contributed by atoms with Gasteiger partial charge in [-0.2, -0.15) is 0 Å². The van der Waals surface area contributed by atoms with E-state index in [0.717, 1.165) is 5.69 Å². The third-order valence-corrected chi connectivity index (χ3v) is 2.43. The van der Waals surface area contributed by atoms with Crippen LogP contribution in [0.5, 0.6) is 10.9 Å². The first kappa shape index (κ1) is 9.15. The Morgan fingerprint density at radius 3 is 2.93 bits per heavy atom. The van der Waals surface area contributed by atoms with Crippen molar-refractivity contribution in [1.29, 1.82) is 0 Å². The van der Waals surface area contributed by atoms with Gasteiger partial charge in [0.15, 0.2) is 0 Å². The number of rotatable bonds is 2. The number of aryl methyl sites for hydroxylation is 1. The van der Waals surface area contributed by atoms with Crippen LogP contribution in [0.2, 0.25) is 0 Å². The lowest BCUT2D eigenvalue weighted by Crippen LogP contribution is -1.84. The van der Waals surface area contributed by atoms with Gasteiger partial charge in [0.05, 0.1) is 5.69 Å². The average molecular weight is 209 g/mol. The number of ether oxygens (including phenoxy) is 1. The standard InChI is InChI=1S/C10H8FNOS/c1-7-6-14-10(12-7)13-9-4-2-3-8(11)5-9/h2-6H,1H3. The summed E-state index contributed by atoms with van der Waals surface area (Å²) in [5.41, 5.74) is 0.904. The van der Waals surface area contributed by atoms with Crippen LogP contribution in [0, 0.1) is 12.7 Å². The first-order valence-corrected chi connectivity index (χ1v) is 4.97. The number of aromatic nitrogens is 1. The summed E-state index contributed by atoms with van der Waals surface area (Å²) >= 11 is 1.39. The van der Waals surface area contributed by atoms with Crippen molar-refractivity contribution in [2.75, 3.05) is 0 Å². The van der Waals surface area contributed by atoms with E-state index in [1.165, 1.54) is 23.5 Å².